The third kappa shape index (κ3) is 6.40. The first-order chi connectivity index (χ1) is 17.6. The van der Waals surface area contributed by atoms with E-state index in [4.69, 9.17) is 9.84 Å². The molecule has 9 heteroatoms. The van der Waals surface area contributed by atoms with E-state index in [0.29, 0.717) is 31.0 Å². The number of hydrogen-bond donors (Lipinski definition) is 3. The molecule has 3 N–H and O–H groups in total. The maximum atomic E-state index is 12.5. The monoisotopic (exact) mass is 507 g/mol. The third-order valence-corrected chi connectivity index (χ3v) is 7.06. The van der Waals surface area contributed by atoms with Crippen LogP contribution in [0, 0.1) is 16.7 Å². The number of allylic oxidation sites excluding steroid dienone is 2. The fraction of sp³-hybridized carbons (Fsp3) is 0.464. The van der Waals surface area contributed by atoms with E-state index in [1.807, 2.05) is 12.2 Å². The number of anilines is 1. The number of nitrogens with one attached hydrogen (secondary N) is 2. The largest absolute Gasteiger partial charge is 0.478 e. The predicted octanol–water partition coefficient (Wildman–Crippen LogP) is 4.22. The Balaban J connectivity index is 1.65. The summed E-state index contributed by atoms with van der Waals surface area (Å²) < 4.78 is 5.57. The standard InChI is InChI=1S/C28H37N5O4/c1-6-23-24(31-33(19(3)4)25(23)14-20(5)15-29)16-30-13-12-28(7-2)17-32(27(36)37-18-28)22-10-8-21(9-11-22)26(34)35/h6,8-11,14,19,24,30-31H,1,7,12-13,16-18H2,2-5H3,(H,34,35)/b20-14+. The molecule has 1 aromatic carbocycles. The van der Waals surface area contributed by atoms with Gasteiger partial charge in [0.2, 0.25) is 0 Å². The molecule has 0 aromatic heterocycles. The number of ether oxygens (including phenoxy) is 1. The van der Waals surface area contributed by atoms with Crippen molar-refractivity contribution in [3.8, 4) is 6.07 Å². The molecule has 2 aliphatic heterocycles. The fourth-order valence-electron chi connectivity index (χ4n) is 4.71. The van der Waals surface area contributed by atoms with Crippen molar-refractivity contribution in [1.29, 1.82) is 5.26 Å². The van der Waals surface area contributed by atoms with Crippen LogP contribution in [-0.4, -0.2) is 60.5 Å². The normalized spacial score (nSPS) is 22.3. The molecule has 198 valence electrons. The maximum Gasteiger partial charge on any atom is 0.414 e. The van der Waals surface area contributed by atoms with Crippen molar-refractivity contribution in [3.05, 3.63) is 65.4 Å². The Bertz CT molecular complexity index is 1120. The molecular formula is C28H37N5O4. The van der Waals surface area contributed by atoms with Gasteiger partial charge in [0.25, 0.3) is 0 Å². The molecule has 2 atom stereocenters. The van der Waals surface area contributed by atoms with Gasteiger partial charge in [-0.1, -0.05) is 19.6 Å². The van der Waals surface area contributed by atoms with Crippen LogP contribution in [0.15, 0.2) is 59.8 Å². The second kappa shape index (κ2) is 12.1. The molecule has 0 spiro atoms. The Morgan fingerprint density at radius 2 is 2.11 bits per heavy atom. The lowest BCUT2D eigenvalue weighted by Gasteiger charge is -2.41. The Labute approximate surface area is 219 Å². The van der Waals surface area contributed by atoms with Gasteiger partial charge in [0.1, 0.15) is 6.61 Å². The summed E-state index contributed by atoms with van der Waals surface area (Å²) in [5, 5.41) is 24.0. The van der Waals surface area contributed by atoms with Gasteiger partial charge in [-0.25, -0.2) is 15.0 Å². The molecular weight excluding hydrogens is 470 g/mol. The highest BCUT2D eigenvalue weighted by Gasteiger charge is 2.39. The van der Waals surface area contributed by atoms with Crippen LogP contribution in [0.5, 0.6) is 0 Å². The molecule has 1 saturated heterocycles. The average molecular weight is 508 g/mol. The first kappa shape index (κ1) is 28.0. The van der Waals surface area contributed by atoms with Crippen LogP contribution >= 0.6 is 0 Å². The molecule has 0 bridgehead atoms. The van der Waals surface area contributed by atoms with E-state index in [1.54, 1.807) is 24.0 Å². The van der Waals surface area contributed by atoms with Crippen LogP contribution in [0.25, 0.3) is 0 Å². The summed E-state index contributed by atoms with van der Waals surface area (Å²) in [6, 6.07) is 8.69. The average Bonchev–Trinajstić information content (AvgIpc) is 3.24. The van der Waals surface area contributed by atoms with E-state index in [0.717, 1.165) is 30.7 Å². The number of amides is 1. The molecule has 2 aliphatic rings. The van der Waals surface area contributed by atoms with E-state index in [2.05, 4.69) is 49.2 Å². The summed E-state index contributed by atoms with van der Waals surface area (Å²) in [4.78, 5) is 25.3. The lowest BCUT2D eigenvalue weighted by molar-refractivity contribution is 0.0550. The van der Waals surface area contributed by atoms with Gasteiger partial charge in [-0.05, 0) is 76.1 Å². The molecule has 9 nitrogen and oxygen atoms in total. The van der Waals surface area contributed by atoms with Crippen molar-refractivity contribution in [2.75, 3.05) is 31.1 Å². The number of carbonyl (C=O) groups is 2. The summed E-state index contributed by atoms with van der Waals surface area (Å²) in [5.74, 6) is -1.01. The van der Waals surface area contributed by atoms with Crippen molar-refractivity contribution in [3.63, 3.8) is 0 Å². The van der Waals surface area contributed by atoms with Gasteiger partial charge >= 0.3 is 12.1 Å². The maximum absolute atomic E-state index is 12.5. The zero-order valence-electron chi connectivity index (χ0n) is 22.1. The van der Waals surface area contributed by atoms with Crippen molar-refractivity contribution in [2.24, 2.45) is 5.41 Å². The lowest BCUT2D eigenvalue weighted by Crippen LogP contribution is -2.51. The van der Waals surface area contributed by atoms with Gasteiger partial charge in [0, 0.05) is 35.8 Å². The Kier molecular flexibility index (Phi) is 9.14. The topological polar surface area (TPSA) is 118 Å². The lowest BCUT2D eigenvalue weighted by atomic mass is 9.81. The minimum absolute atomic E-state index is 0.0173. The molecule has 0 aliphatic carbocycles. The first-order valence-corrected chi connectivity index (χ1v) is 12.6. The Morgan fingerprint density at radius 3 is 2.68 bits per heavy atom. The zero-order chi connectivity index (χ0) is 27.2. The summed E-state index contributed by atoms with van der Waals surface area (Å²) >= 11 is 0. The minimum Gasteiger partial charge on any atom is -0.478 e. The molecule has 0 radical (unpaired) electrons. The van der Waals surface area contributed by atoms with Crippen molar-refractivity contribution in [2.45, 2.75) is 52.6 Å². The molecule has 2 heterocycles. The molecule has 2 unspecified atom stereocenters. The number of carbonyl (C=O) groups excluding carboxylic acids is 1. The van der Waals surface area contributed by atoms with Crippen molar-refractivity contribution in [1.82, 2.24) is 15.8 Å². The van der Waals surface area contributed by atoms with Crippen LogP contribution in [0.1, 0.15) is 50.9 Å². The van der Waals surface area contributed by atoms with E-state index in [9.17, 15) is 14.9 Å². The Hall–Kier alpha value is -3.61. The molecule has 1 fully saturated rings. The van der Waals surface area contributed by atoms with E-state index in [1.165, 1.54) is 12.1 Å². The molecule has 3 rings (SSSR count). The van der Waals surface area contributed by atoms with Crippen molar-refractivity contribution >= 4 is 17.7 Å². The summed E-state index contributed by atoms with van der Waals surface area (Å²) in [6.45, 7) is 14.3. The number of aromatic carboxylic acids is 1. The summed E-state index contributed by atoms with van der Waals surface area (Å²) in [7, 11) is 0. The third-order valence-electron chi connectivity index (χ3n) is 7.06. The molecule has 37 heavy (non-hydrogen) atoms. The SMILES string of the molecule is C=CC1=C(/C=C(\C)C#N)N(C(C)C)NC1CNCCC1(CC)COC(=O)N(c2ccc(C(=O)O)cc2)C1. The number of carboxylic acids is 1. The number of nitriles is 1. The predicted molar refractivity (Wildman–Crippen MR) is 143 cm³/mol. The molecule has 1 aromatic rings. The van der Waals surface area contributed by atoms with Crippen LogP contribution in [0.3, 0.4) is 0 Å². The van der Waals surface area contributed by atoms with E-state index < -0.39 is 12.1 Å². The van der Waals surface area contributed by atoms with E-state index >= 15 is 0 Å². The van der Waals surface area contributed by atoms with Crippen LogP contribution in [0.4, 0.5) is 10.5 Å². The molecule has 1 amide bonds. The summed E-state index contributed by atoms with van der Waals surface area (Å²) in [5.41, 5.74) is 6.74. The number of rotatable bonds is 11. The highest BCUT2D eigenvalue weighted by atomic mass is 16.6. The summed E-state index contributed by atoms with van der Waals surface area (Å²) in [6.07, 6.45) is 4.95. The minimum atomic E-state index is -1.01. The van der Waals surface area contributed by atoms with Gasteiger partial charge in [0.15, 0.2) is 0 Å². The highest BCUT2D eigenvalue weighted by Crippen LogP contribution is 2.34. The Morgan fingerprint density at radius 1 is 1.41 bits per heavy atom. The van der Waals surface area contributed by atoms with Gasteiger partial charge < -0.3 is 20.2 Å². The van der Waals surface area contributed by atoms with Crippen LogP contribution in [-0.2, 0) is 4.74 Å². The number of cyclic esters (lactones) is 1. The number of nitrogens with zero attached hydrogens (tertiary/aromatic N) is 3. The van der Waals surface area contributed by atoms with E-state index in [-0.39, 0.29) is 23.1 Å². The second-order valence-corrected chi connectivity index (χ2v) is 9.93. The number of benzene rings is 1. The zero-order valence-corrected chi connectivity index (χ0v) is 22.1. The number of hydrazine groups is 1. The fourth-order valence-corrected chi connectivity index (χ4v) is 4.71. The van der Waals surface area contributed by atoms with Gasteiger partial charge in [-0.2, -0.15) is 5.26 Å². The first-order valence-electron chi connectivity index (χ1n) is 12.6. The smallest absolute Gasteiger partial charge is 0.414 e. The highest BCUT2D eigenvalue weighted by molar-refractivity contribution is 5.91. The quantitative estimate of drug-likeness (QED) is 0.301. The van der Waals surface area contributed by atoms with Gasteiger partial charge in [0.05, 0.1) is 23.4 Å². The number of hydrogen-bond acceptors (Lipinski definition) is 7. The van der Waals surface area contributed by atoms with Crippen LogP contribution < -0.4 is 15.6 Å². The molecule has 0 saturated carbocycles. The van der Waals surface area contributed by atoms with Gasteiger partial charge in [-0.15, -0.1) is 0 Å². The van der Waals surface area contributed by atoms with Crippen molar-refractivity contribution < 1.29 is 19.4 Å². The van der Waals surface area contributed by atoms with Crippen LogP contribution in [0.2, 0.25) is 0 Å². The van der Waals surface area contributed by atoms with Gasteiger partial charge in [-0.3, -0.25) is 4.90 Å². The number of carboxylic acid groups (broad SMARTS) is 1. The second-order valence-electron chi connectivity index (χ2n) is 9.93.